The zero-order valence-electron chi connectivity index (χ0n) is 24.6. The van der Waals surface area contributed by atoms with E-state index >= 15 is 0 Å². The summed E-state index contributed by atoms with van der Waals surface area (Å²) in [7, 11) is 0. The van der Waals surface area contributed by atoms with Crippen LogP contribution in [0, 0.1) is 0 Å². The van der Waals surface area contributed by atoms with Gasteiger partial charge in [-0.2, -0.15) is 0 Å². The molecule has 8 aromatic carbocycles. The van der Waals surface area contributed by atoms with E-state index in [1.165, 1.54) is 60.5 Å². The smallest absolute Gasteiger partial charge is 0.136 e. The molecule has 1 nitrogen and oxygen atoms in total. The van der Waals surface area contributed by atoms with Crippen LogP contribution in [0.3, 0.4) is 0 Å². The highest BCUT2D eigenvalue weighted by atomic mass is 16.3. The number of benzene rings is 8. The Balaban J connectivity index is 1.26. The van der Waals surface area contributed by atoms with Crippen molar-refractivity contribution >= 4 is 43.5 Å². The Morgan fingerprint density at radius 1 is 0.244 bits per heavy atom. The molecule has 1 heteroatoms. The second-order valence-corrected chi connectivity index (χ2v) is 11.7. The van der Waals surface area contributed by atoms with Gasteiger partial charge in [0, 0.05) is 10.8 Å². The number of fused-ring (bicyclic) bond motifs is 5. The van der Waals surface area contributed by atoms with Crippen LogP contribution in [0.25, 0.3) is 88.0 Å². The fourth-order valence-corrected chi connectivity index (χ4v) is 6.98. The van der Waals surface area contributed by atoms with Crippen LogP contribution in [-0.4, -0.2) is 0 Å². The van der Waals surface area contributed by atoms with E-state index in [0.717, 1.165) is 27.5 Å². The highest BCUT2D eigenvalue weighted by Crippen LogP contribution is 2.45. The molecule has 210 valence electrons. The van der Waals surface area contributed by atoms with Gasteiger partial charge in [-0.15, -0.1) is 0 Å². The lowest BCUT2D eigenvalue weighted by Crippen LogP contribution is -1.91. The molecule has 1 aromatic heterocycles. The van der Waals surface area contributed by atoms with Crippen LogP contribution in [0.5, 0.6) is 0 Å². The molecule has 1 heterocycles. The van der Waals surface area contributed by atoms with Gasteiger partial charge in [-0.25, -0.2) is 0 Å². The molecule has 0 aliphatic rings. The third-order valence-electron chi connectivity index (χ3n) is 9.06. The van der Waals surface area contributed by atoms with Gasteiger partial charge < -0.3 is 4.42 Å². The van der Waals surface area contributed by atoms with E-state index in [4.69, 9.17) is 4.42 Å². The van der Waals surface area contributed by atoms with Crippen molar-refractivity contribution in [1.29, 1.82) is 0 Å². The molecular formula is C44H28O. The minimum absolute atomic E-state index is 0.903. The van der Waals surface area contributed by atoms with Crippen molar-refractivity contribution in [3.05, 3.63) is 170 Å². The van der Waals surface area contributed by atoms with Crippen LogP contribution in [0.2, 0.25) is 0 Å². The topological polar surface area (TPSA) is 13.1 Å². The highest BCUT2D eigenvalue weighted by Gasteiger charge is 2.18. The first-order valence-electron chi connectivity index (χ1n) is 15.4. The van der Waals surface area contributed by atoms with Crippen LogP contribution in [0.15, 0.2) is 174 Å². The molecule has 9 aromatic rings. The lowest BCUT2D eigenvalue weighted by Gasteiger charge is -2.18. The summed E-state index contributed by atoms with van der Waals surface area (Å²) in [4.78, 5) is 0. The van der Waals surface area contributed by atoms with Gasteiger partial charge in [0.15, 0.2) is 0 Å². The first kappa shape index (κ1) is 25.6. The average Bonchev–Trinajstić information content (AvgIpc) is 3.48. The first-order chi connectivity index (χ1) is 22.3. The fourth-order valence-electron chi connectivity index (χ4n) is 6.98. The molecule has 0 spiro atoms. The summed E-state index contributed by atoms with van der Waals surface area (Å²) in [5.74, 6) is 0. The second kappa shape index (κ2) is 10.4. The predicted octanol–water partition coefficient (Wildman–Crippen LogP) is 12.6. The second-order valence-electron chi connectivity index (χ2n) is 11.7. The monoisotopic (exact) mass is 572 g/mol. The maximum absolute atomic E-state index is 6.48. The van der Waals surface area contributed by atoms with Gasteiger partial charge >= 0.3 is 0 Å². The standard InChI is InChI=1S/C44H28O/c1-3-12-29(13-4-1)31-16-11-17-33(26-31)43-36-18-7-9-20-38(36)44(39-21-10-8-19-37(39)43)34-22-24-35-40-27-32(30-14-5-2-6-15-30)23-25-41(40)45-42(35)28-34/h1-28H. The van der Waals surface area contributed by atoms with E-state index in [2.05, 4.69) is 170 Å². The molecule has 0 aliphatic carbocycles. The van der Waals surface area contributed by atoms with Crippen molar-refractivity contribution in [3.63, 3.8) is 0 Å². The van der Waals surface area contributed by atoms with Gasteiger partial charge in [0.25, 0.3) is 0 Å². The Morgan fingerprint density at radius 3 is 1.31 bits per heavy atom. The summed E-state index contributed by atoms with van der Waals surface area (Å²) in [6.07, 6.45) is 0. The molecule has 0 aliphatic heterocycles. The molecule has 0 radical (unpaired) electrons. The third kappa shape index (κ3) is 4.24. The summed E-state index contributed by atoms with van der Waals surface area (Å²) in [6, 6.07) is 60.9. The molecule has 0 bridgehead atoms. The molecule has 0 saturated carbocycles. The van der Waals surface area contributed by atoms with Gasteiger partial charge in [-0.3, -0.25) is 0 Å². The molecule has 0 N–H and O–H groups in total. The molecule has 0 amide bonds. The minimum atomic E-state index is 0.903. The Kier molecular flexibility index (Phi) is 5.89. The van der Waals surface area contributed by atoms with Crippen LogP contribution in [0.1, 0.15) is 0 Å². The van der Waals surface area contributed by atoms with Crippen molar-refractivity contribution < 1.29 is 4.42 Å². The normalized spacial score (nSPS) is 11.6. The van der Waals surface area contributed by atoms with E-state index in [1.54, 1.807) is 0 Å². The van der Waals surface area contributed by atoms with E-state index in [1.807, 2.05) is 0 Å². The van der Waals surface area contributed by atoms with Crippen molar-refractivity contribution in [3.8, 4) is 44.5 Å². The Bertz CT molecular complexity index is 2460. The predicted molar refractivity (Wildman–Crippen MR) is 190 cm³/mol. The van der Waals surface area contributed by atoms with Gasteiger partial charge in [0.1, 0.15) is 11.2 Å². The van der Waals surface area contributed by atoms with E-state index in [9.17, 15) is 0 Å². The lowest BCUT2D eigenvalue weighted by atomic mass is 9.85. The fraction of sp³-hybridized carbons (Fsp3) is 0. The summed E-state index contributed by atoms with van der Waals surface area (Å²) < 4.78 is 6.48. The van der Waals surface area contributed by atoms with Crippen LogP contribution in [0.4, 0.5) is 0 Å². The maximum atomic E-state index is 6.48. The zero-order chi connectivity index (χ0) is 29.7. The Morgan fingerprint density at radius 2 is 0.711 bits per heavy atom. The van der Waals surface area contributed by atoms with Crippen molar-refractivity contribution in [2.75, 3.05) is 0 Å². The number of hydrogen-bond donors (Lipinski definition) is 0. The number of furan rings is 1. The molecule has 0 fully saturated rings. The third-order valence-corrected chi connectivity index (χ3v) is 9.06. The van der Waals surface area contributed by atoms with Crippen molar-refractivity contribution in [1.82, 2.24) is 0 Å². The van der Waals surface area contributed by atoms with Gasteiger partial charge in [-0.1, -0.05) is 140 Å². The summed E-state index contributed by atoms with van der Waals surface area (Å²) in [6.45, 7) is 0. The molecule has 0 saturated heterocycles. The number of rotatable bonds is 4. The maximum Gasteiger partial charge on any atom is 0.136 e. The van der Waals surface area contributed by atoms with Crippen LogP contribution >= 0.6 is 0 Å². The van der Waals surface area contributed by atoms with Crippen molar-refractivity contribution in [2.24, 2.45) is 0 Å². The van der Waals surface area contributed by atoms with Gasteiger partial charge in [-0.05, 0) is 96.4 Å². The molecule has 0 unspecified atom stereocenters. The SMILES string of the molecule is c1ccc(-c2cccc(-c3c4ccccc4c(-c4ccc5c(c4)oc4ccc(-c6ccccc6)cc45)c4ccccc34)c2)cc1. The lowest BCUT2D eigenvalue weighted by molar-refractivity contribution is 0.669. The number of hydrogen-bond acceptors (Lipinski definition) is 1. The van der Waals surface area contributed by atoms with Crippen LogP contribution < -0.4 is 0 Å². The van der Waals surface area contributed by atoms with Gasteiger partial charge in [0.2, 0.25) is 0 Å². The quantitative estimate of drug-likeness (QED) is 0.191. The van der Waals surface area contributed by atoms with E-state index in [-0.39, 0.29) is 0 Å². The largest absolute Gasteiger partial charge is 0.456 e. The first-order valence-corrected chi connectivity index (χ1v) is 15.4. The van der Waals surface area contributed by atoms with Gasteiger partial charge in [0.05, 0.1) is 0 Å². The summed E-state index contributed by atoms with van der Waals surface area (Å²) in [5, 5.41) is 7.23. The average molecular weight is 573 g/mol. The zero-order valence-corrected chi connectivity index (χ0v) is 24.6. The molecule has 0 atom stereocenters. The summed E-state index contributed by atoms with van der Waals surface area (Å²) >= 11 is 0. The molecule has 9 rings (SSSR count). The van der Waals surface area contributed by atoms with Crippen LogP contribution in [-0.2, 0) is 0 Å². The highest BCUT2D eigenvalue weighted by molar-refractivity contribution is 6.22. The Hall–Kier alpha value is -5.92. The molecular weight excluding hydrogens is 544 g/mol. The van der Waals surface area contributed by atoms with E-state index in [0.29, 0.717) is 0 Å². The van der Waals surface area contributed by atoms with E-state index < -0.39 is 0 Å². The molecule has 45 heavy (non-hydrogen) atoms. The Labute approximate surface area is 261 Å². The summed E-state index contributed by atoms with van der Waals surface area (Å²) in [5.41, 5.74) is 11.5. The van der Waals surface area contributed by atoms with Crippen molar-refractivity contribution in [2.45, 2.75) is 0 Å². The minimum Gasteiger partial charge on any atom is -0.456 e.